The average molecular weight is 405 g/mol. The van der Waals surface area contributed by atoms with Gasteiger partial charge in [0, 0.05) is 31.0 Å². The first kappa shape index (κ1) is 19.9. The highest BCUT2D eigenvalue weighted by Crippen LogP contribution is 2.48. The van der Waals surface area contributed by atoms with Gasteiger partial charge in [-0.1, -0.05) is 43.9 Å². The van der Waals surface area contributed by atoms with Gasteiger partial charge in [0.15, 0.2) is 0 Å². The predicted molar refractivity (Wildman–Crippen MR) is 109 cm³/mol. The summed E-state index contributed by atoms with van der Waals surface area (Å²) < 4.78 is 28.3. The molecule has 1 heterocycles. The van der Waals surface area contributed by atoms with E-state index in [-0.39, 0.29) is 17.4 Å². The van der Waals surface area contributed by atoms with E-state index in [1.54, 1.807) is 24.3 Å². The molecule has 28 heavy (non-hydrogen) atoms. The Morgan fingerprint density at radius 1 is 1.00 bits per heavy atom. The van der Waals surface area contributed by atoms with Crippen LogP contribution in [0.25, 0.3) is 0 Å². The highest BCUT2D eigenvalue weighted by atomic mass is 32.2. The van der Waals surface area contributed by atoms with Crippen LogP contribution in [0.3, 0.4) is 0 Å². The number of carbonyl (C=O) groups is 1. The molecule has 3 aliphatic rings. The molecule has 0 aromatic heterocycles. The molecule has 2 atom stereocenters. The second-order valence-corrected chi connectivity index (χ2v) is 10.7. The van der Waals surface area contributed by atoms with Crippen LogP contribution in [0.5, 0.6) is 0 Å². The van der Waals surface area contributed by atoms with Crippen LogP contribution in [0.2, 0.25) is 0 Å². The summed E-state index contributed by atoms with van der Waals surface area (Å²) in [6.07, 6.45) is 10.8. The molecule has 0 spiro atoms. The number of carbonyl (C=O) groups excluding carboxylic acids is 1. The molecule has 2 aliphatic carbocycles. The minimum Gasteiger partial charge on any atom is -0.339 e. The second kappa shape index (κ2) is 8.15. The van der Waals surface area contributed by atoms with E-state index < -0.39 is 10.0 Å². The number of benzene rings is 1. The van der Waals surface area contributed by atoms with Gasteiger partial charge in [0.25, 0.3) is 0 Å². The van der Waals surface area contributed by atoms with Crippen molar-refractivity contribution in [2.24, 2.45) is 11.3 Å². The van der Waals surface area contributed by atoms with Gasteiger partial charge in [0.1, 0.15) is 0 Å². The first-order valence-corrected chi connectivity index (χ1v) is 12.3. The Morgan fingerprint density at radius 3 is 2.50 bits per heavy atom. The SMILES string of the molecule is O=C1CC[C@]2(CNS(=O)(=O)c3ccccc3)CCC[C@H]2N1CC1CCCCC1. The van der Waals surface area contributed by atoms with E-state index in [4.69, 9.17) is 0 Å². The van der Waals surface area contributed by atoms with E-state index in [1.165, 1.54) is 32.1 Å². The highest BCUT2D eigenvalue weighted by Gasteiger charge is 2.50. The minimum atomic E-state index is -3.52. The summed E-state index contributed by atoms with van der Waals surface area (Å²) in [6, 6.07) is 8.76. The largest absolute Gasteiger partial charge is 0.339 e. The lowest BCUT2D eigenvalue weighted by atomic mass is 9.74. The van der Waals surface area contributed by atoms with Gasteiger partial charge in [-0.25, -0.2) is 13.1 Å². The van der Waals surface area contributed by atoms with Crippen molar-refractivity contribution in [3.8, 4) is 0 Å². The number of sulfonamides is 1. The van der Waals surface area contributed by atoms with Crippen LogP contribution in [-0.2, 0) is 14.8 Å². The zero-order valence-electron chi connectivity index (χ0n) is 16.6. The molecule has 6 heteroatoms. The van der Waals surface area contributed by atoms with Crippen molar-refractivity contribution in [2.75, 3.05) is 13.1 Å². The van der Waals surface area contributed by atoms with E-state index in [1.807, 2.05) is 6.07 Å². The first-order chi connectivity index (χ1) is 13.5. The maximum atomic E-state index is 12.8. The quantitative estimate of drug-likeness (QED) is 0.786. The van der Waals surface area contributed by atoms with Crippen LogP contribution >= 0.6 is 0 Å². The number of nitrogens with one attached hydrogen (secondary N) is 1. The molecule has 1 aromatic rings. The first-order valence-electron chi connectivity index (χ1n) is 10.8. The smallest absolute Gasteiger partial charge is 0.240 e. The van der Waals surface area contributed by atoms with Gasteiger partial charge >= 0.3 is 0 Å². The lowest BCUT2D eigenvalue weighted by molar-refractivity contribution is -0.142. The van der Waals surface area contributed by atoms with E-state index in [0.29, 0.717) is 23.8 Å². The van der Waals surface area contributed by atoms with Crippen LogP contribution in [0, 0.1) is 11.3 Å². The highest BCUT2D eigenvalue weighted by molar-refractivity contribution is 7.89. The summed E-state index contributed by atoms with van der Waals surface area (Å²) in [4.78, 5) is 15.2. The van der Waals surface area contributed by atoms with Gasteiger partial charge < -0.3 is 4.90 Å². The topological polar surface area (TPSA) is 66.5 Å². The fourth-order valence-electron chi connectivity index (χ4n) is 5.66. The third kappa shape index (κ3) is 3.99. The van der Waals surface area contributed by atoms with Crippen molar-refractivity contribution >= 4 is 15.9 Å². The van der Waals surface area contributed by atoms with Crippen molar-refractivity contribution in [2.45, 2.75) is 75.1 Å². The van der Waals surface area contributed by atoms with Gasteiger partial charge in [0.2, 0.25) is 15.9 Å². The number of hydrogen-bond donors (Lipinski definition) is 1. The Balaban J connectivity index is 1.48. The monoisotopic (exact) mass is 404 g/mol. The average Bonchev–Trinajstić information content (AvgIpc) is 3.15. The van der Waals surface area contributed by atoms with Crippen molar-refractivity contribution in [1.29, 1.82) is 0 Å². The normalized spacial score (nSPS) is 29.1. The molecule has 1 aliphatic heterocycles. The Kier molecular flexibility index (Phi) is 5.79. The Hall–Kier alpha value is -1.40. The molecule has 4 rings (SSSR count). The van der Waals surface area contributed by atoms with Gasteiger partial charge in [-0.2, -0.15) is 0 Å². The number of likely N-dealkylation sites (tertiary alicyclic amines) is 1. The fourth-order valence-corrected chi connectivity index (χ4v) is 6.82. The molecule has 3 fully saturated rings. The fraction of sp³-hybridized carbons (Fsp3) is 0.682. The lowest BCUT2D eigenvalue weighted by Gasteiger charge is -2.47. The molecule has 0 radical (unpaired) electrons. The third-order valence-electron chi connectivity index (χ3n) is 7.24. The number of hydrogen-bond acceptors (Lipinski definition) is 3. The molecule has 0 bridgehead atoms. The second-order valence-electron chi connectivity index (χ2n) is 8.96. The van der Waals surface area contributed by atoms with Gasteiger partial charge in [-0.05, 0) is 50.2 Å². The number of piperidine rings is 1. The van der Waals surface area contributed by atoms with Gasteiger partial charge in [-0.3, -0.25) is 4.79 Å². The van der Waals surface area contributed by atoms with Crippen LogP contribution in [-0.4, -0.2) is 38.4 Å². The summed E-state index contributed by atoms with van der Waals surface area (Å²) in [5, 5.41) is 0. The number of fused-ring (bicyclic) bond motifs is 1. The Labute approximate surface area is 168 Å². The van der Waals surface area contributed by atoms with E-state index in [2.05, 4.69) is 9.62 Å². The zero-order chi connectivity index (χ0) is 19.6. The van der Waals surface area contributed by atoms with Crippen molar-refractivity contribution in [3.05, 3.63) is 30.3 Å². The van der Waals surface area contributed by atoms with Crippen LogP contribution in [0.4, 0.5) is 0 Å². The number of amides is 1. The molecular formula is C22H32N2O3S. The van der Waals surface area contributed by atoms with Crippen LogP contribution in [0.15, 0.2) is 35.2 Å². The summed E-state index contributed by atoms with van der Waals surface area (Å²) in [5.41, 5.74) is -0.107. The Morgan fingerprint density at radius 2 is 1.75 bits per heavy atom. The van der Waals surface area contributed by atoms with Crippen LogP contribution in [0.1, 0.15) is 64.2 Å². The molecule has 2 saturated carbocycles. The summed E-state index contributed by atoms with van der Waals surface area (Å²) in [7, 11) is -3.52. The van der Waals surface area contributed by atoms with Gasteiger partial charge in [0.05, 0.1) is 4.90 Å². The summed E-state index contributed by atoms with van der Waals surface area (Å²) >= 11 is 0. The third-order valence-corrected chi connectivity index (χ3v) is 8.66. The van der Waals surface area contributed by atoms with Crippen molar-refractivity contribution in [1.82, 2.24) is 9.62 Å². The molecule has 0 unspecified atom stereocenters. The minimum absolute atomic E-state index is 0.107. The Bertz CT molecular complexity index is 789. The van der Waals surface area contributed by atoms with E-state index in [0.717, 1.165) is 32.2 Å². The molecule has 1 N–H and O–H groups in total. The maximum Gasteiger partial charge on any atom is 0.240 e. The number of nitrogens with zero attached hydrogens (tertiary/aromatic N) is 1. The molecule has 5 nitrogen and oxygen atoms in total. The van der Waals surface area contributed by atoms with E-state index >= 15 is 0 Å². The molecular weight excluding hydrogens is 372 g/mol. The van der Waals surface area contributed by atoms with Crippen molar-refractivity contribution in [3.63, 3.8) is 0 Å². The standard InChI is InChI=1S/C22H32N2O3S/c25-21-13-15-22(17-23-28(26,27)19-10-5-2-6-11-19)14-7-12-20(22)24(21)16-18-8-3-1-4-9-18/h2,5-6,10-11,18,20,23H,1,3-4,7-9,12-17H2/t20-,22+/m1/s1. The summed E-state index contributed by atoms with van der Waals surface area (Å²) in [5.74, 6) is 0.897. The van der Waals surface area contributed by atoms with Crippen LogP contribution < -0.4 is 4.72 Å². The molecule has 1 aromatic carbocycles. The maximum absolute atomic E-state index is 12.8. The van der Waals surface area contributed by atoms with E-state index in [9.17, 15) is 13.2 Å². The molecule has 1 saturated heterocycles. The predicted octanol–water partition coefficient (Wildman–Crippen LogP) is 3.71. The lowest BCUT2D eigenvalue weighted by Crippen LogP contribution is -2.57. The molecule has 154 valence electrons. The van der Waals surface area contributed by atoms with Gasteiger partial charge in [-0.15, -0.1) is 0 Å². The summed E-state index contributed by atoms with van der Waals surface area (Å²) in [6.45, 7) is 1.31. The zero-order valence-corrected chi connectivity index (χ0v) is 17.4. The van der Waals surface area contributed by atoms with Crippen molar-refractivity contribution < 1.29 is 13.2 Å². The number of rotatable bonds is 6. The molecule has 1 amide bonds.